The maximum absolute atomic E-state index is 12.5. The summed E-state index contributed by atoms with van der Waals surface area (Å²) in [5, 5.41) is 13.6. The van der Waals surface area contributed by atoms with E-state index in [1.54, 1.807) is 6.07 Å². The van der Waals surface area contributed by atoms with Crippen molar-refractivity contribution < 1.29 is 4.79 Å². The van der Waals surface area contributed by atoms with Crippen molar-refractivity contribution in [1.29, 1.82) is 0 Å². The van der Waals surface area contributed by atoms with Crippen LogP contribution in [0.1, 0.15) is 43.7 Å². The SMILES string of the molecule is Cc1ccc(NC(=O)CSc2nnc(-c3ccc(Cl)c(Cl)c3)n2C2CCCCC2)cc1. The summed E-state index contributed by atoms with van der Waals surface area (Å²) in [5.41, 5.74) is 2.83. The van der Waals surface area contributed by atoms with Gasteiger partial charge in [0.05, 0.1) is 15.8 Å². The maximum atomic E-state index is 12.5. The molecule has 162 valence electrons. The van der Waals surface area contributed by atoms with E-state index < -0.39 is 0 Å². The molecule has 8 heteroatoms. The lowest BCUT2D eigenvalue weighted by molar-refractivity contribution is -0.113. The lowest BCUT2D eigenvalue weighted by Crippen LogP contribution is -2.17. The summed E-state index contributed by atoms with van der Waals surface area (Å²) >= 11 is 13.8. The number of aryl methyl sites for hydroxylation is 1. The standard InChI is InChI=1S/C23H24Cl2N4OS/c1-15-7-10-17(11-8-15)26-21(30)14-31-23-28-27-22(16-9-12-19(24)20(25)13-16)29(23)18-5-3-2-4-6-18/h7-13,18H,2-6,14H2,1H3,(H,26,30). The van der Waals surface area contributed by atoms with Gasteiger partial charge in [-0.1, -0.05) is 71.9 Å². The highest BCUT2D eigenvalue weighted by atomic mass is 35.5. The minimum absolute atomic E-state index is 0.0665. The molecule has 4 rings (SSSR count). The van der Waals surface area contributed by atoms with E-state index in [0.717, 1.165) is 40.6 Å². The summed E-state index contributed by atoms with van der Waals surface area (Å²) in [6.07, 6.45) is 5.77. The van der Waals surface area contributed by atoms with Gasteiger partial charge in [0.2, 0.25) is 5.91 Å². The number of nitrogens with one attached hydrogen (secondary N) is 1. The Hall–Kier alpha value is -2.02. The predicted molar refractivity (Wildman–Crippen MR) is 128 cm³/mol. The molecule has 1 aliphatic rings. The molecule has 0 aliphatic heterocycles. The van der Waals surface area contributed by atoms with E-state index in [2.05, 4.69) is 20.1 Å². The van der Waals surface area contributed by atoms with E-state index in [1.807, 2.05) is 43.3 Å². The van der Waals surface area contributed by atoms with Crippen LogP contribution in [0.4, 0.5) is 5.69 Å². The maximum Gasteiger partial charge on any atom is 0.234 e. The van der Waals surface area contributed by atoms with Gasteiger partial charge < -0.3 is 5.32 Å². The summed E-state index contributed by atoms with van der Waals surface area (Å²) in [4.78, 5) is 12.5. The minimum atomic E-state index is -0.0665. The molecule has 0 bridgehead atoms. The van der Waals surface area contributed by atoms with Gasteiger partial charge >= 0.3 is 0 Å². The fourth-order valence-electron chi connectivity index (χ4n) is 3.84. The molecule has 0 radical (unpaired) electrons. The zero-order chi connectivity index (χ0) is 21.8. The highest BCUT2D eigenvalue weighted by Crippen LogP contribution is 2.37. The Morgan fingerprint density at radius 1 is 1.06 bits per heavy atom. The van der Waals surface area contributed by atoms with E-state index in [4.69, 9.17) is 23.2 Å². The number of thioether (sulfide) groups is 1. The number of nitrogens with zero attached hydrogens (tertiary/aromatic N) is 3. The molecule has 1 saturated carbocycles. The van der Waals surface area contributed by atoms with Gasteiger partial charge in [-0.05, 0) is 50.1 Å². The van der Waals surface area contributed by atoms with Crippen LogP contribution in [0.25, 0.3) is 11.4 Å². The topological polar surface area (TPSA) is 59.8 Å². The molecule has 1 heterocycles. The Morgan fingerprint density at radius 2 is 1.81 bits per heavy atom. The lowest BCUT2D eigenvalue weighted by Gasteiger charge is -2.25. The van der Waals surface area contributed by atoms with Gasteiger partial charge in [-0.15, -0.1) is 10.2 Å². The molecule has 31 heavy (non-hydrogen) atoms. The van der Waals surface area contributed by atoms with Gasteiger partial charge in [0.25, 0.3) is 0 Å². The summed E-state index contributed by atoms with van der Waals surface area (Å²) in [7, 11) is 0. The minimum Gasteiger partial charge on any atom is -0.325 e. The third kappa shape index (κ3) is 5.43. The number of benzene rings is 2. The molecular weight excluding hydrogens is 451 g/mol. The van der Waals surface area contributed by atoms with E-state index in [-0.39, 0.29) is 11.7 Å². The second-order valence-electron chi connectivity index (χ2n) is 7.80. The summed E-state index contributed by atoms with van der Waals surface area (Å²) < 4.78 is 2.18. The highest BCUT2D eigenvalue weighted by molar-refractivity contribution is 7.99. The normalized spacial score (nSPS) is 14.5. The fraction of sp³-hybridized carbons (Fsp3) is 0.348. The van der Waals surface area contributed by atoms with Crippen molar-refractivity contribution in [3.8, 4) is 11.4 Å². The van der Waals surface area contributed by atoms with E-state index in [1.165, 1.54) is 31.0 Å². The van der Waals surface area contributed by atoms with Crippen molar-refractivity contribution in [3.63, 3.8) is 0 Å². The second kappa shape index (κ2) is 10.1. The molecule has 1 aliphatic carbocycles. The van der Waals surface area contributed by atoms with Crippen LogP contribution >= 0.6 is 35.0 Å². The van der Waals surface area contributed by atoms with E-state index in [0.29, 0.717) is 16.1 Å². The molecule has 1 fully saturated rings. The van der Waals surface area contributed by atoms with Crippen molar-refractivity contribution in [2.24, 2.45) is 0 Å². The fourth-order valence-corrected chi connectivity index (χ4v) is 4.94. The number of carbonyl (C=O) groups is 1. The Balaban J connectivity index is 1.55. The summed E-state index contributed by atoms with van der Waals surface area (Å²) in [5.74, 6) is 0.968. The van der Waals surface area contributed by atoms with Crippen LogP contribution in [-0.4, -0.2) is 26.4 Å². The molecule has 2 aromatic carbocycles. The average molecular weight is 475 g/mol. The van der Waals surface area contributed by atoms with Crippen LogP contribution in [0.5, 0.6) is 0 Å². The van der Waals surface area contributed by atoms with Gasteiger partial charge in [-0.25, -0.2) is 0 Å². The second-order valence-corrected chi connectivity index (χ2v) is 9.56. The zero-order valence-electron chi connectivity index (χ0n) is 17.3. The van der Waals surface area contributed by atoms with Crippen LogP contribution in [0.2, 0.25) is 10.0 Å². The molecule has 1 N–H and O–H groups in total. The monoisotopic (exact) mass is 474 g/mol. The molecule has 1 aromatic heterocycles. The molecule has 3 aromatic rings. The van der Waals surface area contributed by atoms with Crippen molar-refractivity contribution in [1.82, 2.24) is 14.8 Å². The molecular formula is C23H24Cl2N4OS. The number of aromatic nitrogens is 3. The van der Waals surface area contributed by atoms with E-state index in [9.17, 15) is 4.79 Å². The van der Waals surface area contributed by atoms with Gasteiger partial charge in [0, 0.05) is 17.3 Å². The van der Waals surface area contributed by atoms with Gasteiger partial charge in [-0.3, -0.25) is 9.36 Å². The first-order chi connectivity index (χ1) is 15.0. The van der Waals surface area contributed by atoms with Crippen LogP contribution < -0.4 is 5.32 Å². The summed E-state index contributed by atoms with van der Waals surface area (Å²) in [6, 6.07) is 13.6. The number of hydrogen-bond donors (Lipinski definition) is 1. The molecule has 0 spiro atoms. The van der Waals surface area contributed by atoms with Crippen molar-refractivity contribution in [2.75, 3.05) is 11.1 Å². The molecule has 0 saturated heterocycles. The van der Waals surface area contributed by atoms with Gasteiger partial charge in [0.1, 0.15) is 0 Å². The third-order valence-electron chi connectivity index (χ3n) is 5.45. The average Bonchev–Trinajstić information content (AvgIpc) is 3.20. The van der Waals surface area contributed by atoms with Crippen LogP contribution in [0.15, 0.2) is 47.6 Å². The largest absolute Gasteiger partial charge is 0.325 e. The Kier molecular flexibility index (Phi) is 7.20. The number of amides is 1. The third-order valence-corrected chi connectivity index (χ3v) is 7.13. The Labute approximate surface area is 196 Å². The number of rotatable bonds is 6. The van der Waals surface area contributed by atoms with Crippen molar-refractivity contribution in [3.05, 3.63) is 58.1 Å². The predicted octanol–water partition coefficient (Wildman–Crippen LogP) is 6.80. The molecule has 5 nitrogen and oxygen atoms in total. The number of hydrogen-bond acceptors (Lipinski definition) is 4. The highest BCUT2D eigenvalue weighted by Gasteiger charge is 2.24. The smallest absolute Gasteiger partial charge is 0.234 e. The quantitative estimate of drug-likeness (QED) is 0.399. The van der Waals surface area contributed by atoms with Crippen LogP contribution in [0.3, 0.4) is 0 Å². The molecule has 1 amide bonds. The lowest BCUT2D eigenvalue weighted by atomic mass is 9.95. The van der Waals surface area contributed by atoms with E-state index >= 15 is 0 Å². The van der Waals surface area contributed by atoms with Gasteiger partial charge in [0.15, 0.2) is 11.0 Å². The van der Waals surface area contributed by atoms with Gasteiger partial charge in [-0.2, -0.15) is 0 Å². The Morgan fingerprint density at radius 3 is 2.52 bits per heavy atom. The molecule has 0 unspecified atom stereocenters. The number of halogens is 2. The first-order valence-corrected chi connectivity index (χ1v) is 12.1. The Bertz CT molecular complexity index is 1060. The van der Waals surface area contributed by atoms with Crippen molar-refractivity contribution >= 4 is 46.6 Å². The number of carbonyl (C=O) groups excluding carboxylic acids is 1. The van der Waals surface area contributed by atoms with Crippen LogP contribution in [0, 0.1) is 6.92 Å². The summed E-state index contributed by atoms with van der Waals surface area (Å²) in [6.45, 7) is 2.02. The zero-order valence-corrected chi connectivity index (χ0v) is 19.6. The van der Waals surface area contributed by atoms with Crippen LogP contribution in [-0.2, 0) is 4.79 Å². The molecule has 0 atom stereocenters. The number of anilines is 1. The first-order valence-electron chi connectivity index (χ1n) is 10.4. The first kappa shape index (κ1) is 22.2. The van der Waals surface area contributed by atoms with Crippen molar-refractivity contribution in [2.45, 2.75) is 50.2 Å².